The molecule has 0 spiro atoms. The van der Waals surface area contributed by atoms with Crippen LogP contribution in [0, 0.1) is 0 Å². The minimum Gasteiger partial charge on any atom is -0.488 e. The summed E-state index contributed by atoms with van der Waals surface area (Å²) < 4.78 is 6.91. The standard InChI is InChI=1S/C16H16BrNO/c17-14-7-1-2-9-16(14)19-11-12-5-3-8-15-13(12)6-4-10-18-15/h1-3,5,7-9,18H,4,6,10-11H2. The molecule has 0 aromatic heterocycles. The molecule has 2 aromatic rings. The third kappa shape index (κ3) is 2.76. The minimum atomic E-state index is 0.619. The first-order chi connectivity index (χ1) is 9.34. The first-order valence-corrected chi connectivity index (χ1v) is 7.36. The fraction of sp³-hybridized carbons (Fsp3) is 0.250. The Bertz CT molecular complexity index is 583. The van der Waals surface area contributed by atoms with Crippen LogP contribution in [0.4, 0.5) is 5.69 Å². The van der Waals surface area contributed by atoms with Gasteiger partial charge in [-0.2, -0.15) is 0 Å². The molecule has 1 aliphatic rings. The lowest BCUT2D eigenvalue weighted by atomic mass is 9.98. The molecule has 1 heterocycles. The van der Waals surface area contributed by atoms with Crippen molar-refractivity contribution in [1.82, 2.24) is 0 Å². The highest BCUT2D eigenvalue weighted by Crippen LogP contribution is 2.28. The molecule has 0 bridgehead atoms. The van der Waals surface area contributed by atoms with Crippen LogP contribution in [0.1, 0.15) is 17.5 Å². The normalized spacial score (nSPS) is 13.5. The summed E-state index contributed by atoms with van der Waals surface area (Å²) >= 11 is 3.51. The summed E-state index contributed by atoms with van der Waals surface area (Å²) in [7, 11) is 0. The molecule has 0 atom stereocenters. The third-order valence-electron chi connectivity index (χ3n) is 3.41. The van der Waals surface area contributed by atoms with Crippen LogP contribution in [0.5, 0.6) is 5.75 Å². The van der Waals surface area contributed by atoms with Gasteiger partial charge in [0.05, 0.1) is 4.47 Å². The highest BCUT2D eigenvalue weighted by molar-refractivity contribution is 9.10. The van der Waals surface area contributed by atoms with Crippen molar-refractivity contribution in [2.24, 2.45) is 0 Å². The van der Waals surface area contributed by atoms with Gasteiger partial charge in [-0.15, -0.1) is 0 Å². The van der Waals surface area contributed by atoms with Gasteiger partial charge in [-0.25, -0.2) is 0 Å². The maximum absolute atomic E-state index is 5.91. The van der Waals surface area contributed by atoms with E-state index in [2.05, 4.69) is 39.4 Å². The lowest BCUT2D eigenvalue weighted by Gasteiger charge is -2.21. The van der Waals surface area contributed by atoms with Crippen molar-refractivity contribution in [3.05, 3.63) is 58.1 Å². The van der Waals surface area contributed by atoms with Crippen molar-refractivity contribution >= 4 is 21.6 Å². The molecule has 0 aliphatic carbocycles. The first kappa shape index (κ1) is 12.5. The number of halogens is 1. The van der Waals surface area contributed by atoms with E-state index in [0.717, 1.165) is 23.2 Å². The number of hydrogen-bond donors (Lipinski definition) is 1. The Labute approximate surface area is 121 Å². The number of ether oxygens (including phenoxy) is 1. The van der Waals surface area contributed by atoms with Crippen LogP contribution < -0.4 is 10.1 Å². The van der Waals surface area contributed by atoms with Crippen molar-refractivity contribution in [2.75, 3.05) is 11.9 Å². The fourth-order valence-electron chi connectivity index (χ4n) is 2.44. The fourth-order valence-corrected chi connectivity index (χ4v) is 2.84. The van der Waals surface area contributed by atoms with Gasteiger partial charge in [0, 0.05) is 12.2 Å². The molecule has 2 nitrogen and oxygen atoms in total. The molecule has 0 fully saturated rings. The van der Waals surface area contributed by atoms with E-state index in [9.17, 15) is 0 Å². The molecule has 1 N–H and O–H groups in total. The summed E-state index contributed by atoms with van der Waals surface area (Å²) in [5.74, 6) is 0.892. The number of para-hydroxylation sites is 1. The van der Waals surface area contributed by atoms with Gasteiger partial charge in [0.2, 0.25) is 0 Å². The third-order valence-corrected chi connectivity index (χ3v) is 4.07. The van der Waals surface area contributed by atoms with E-state index in [1.165, 1.54) is 23.2 Å². The zero-order valence-corrected chi connectivity index (χ0v) is 12.2. The van der Waals surface area contributed by atoms with Gasteiger partial charge in [-0.3, -0.25) is 0 Å². The number of nitrogens with one attached hydrogen (secondary N) is 1. The van der Waals surface area contributed by atoms with Crippen LogP contribution in [0.25, 0.3) is 0 Å². The Morgan fingerprint density at radius 1 is 1.11 bits per heavy atom. The van der Waals surface area contributed by atoms with Crippen molar-refractivity contribution in [2.45, 2.75) is 19.4 Å². The molecule has 0 radical (unpaired) electrons. The maximum atomic E-state index is 5.91. The Kier molecular flexibility index (Phi) is 3.74. The van der Waals surface area contributed by atoms with Gasteiger partial charge in [0.25, 0.3) is 0 Å². The molecule has 0 unspecified atom stereocenters. The topological polar surface area (TPSA) is 21.3 Å². The van der Waals surface area contributed by atoms with Crippen LogP contribution in [0.15, 0.2) is 46.9 Å². The van der Waals surface area contributed by atoms with Crippen molar-refractivity contribution in [3.8, 4) is 5.75 Å². The summed E-state index contributed by atoms with van der Waals surface area (Å²) in [6.07, 6.45) is 2.33. The predicted molar refractivity (Wildman–Crippen MR) is 81.7 cm³/mol. The van der Waals surface area contributed by atoms with Gasteiger partial charge in [-0.1, -0.05) is 24.3 Å². The van der Waals surface area contributed by atoms with Crippen LogP contribution in [-0.4, -0.2) is 6.54 Å². The van der Waals surface area contributed by atoms with Crippen LogP contribution >= 0.6 is 15.9 Å². The second kappa shape index (κ2) is 5.66. The van der Waals surface area contributed by atoms with Gasteiger partial charge in [0.1, 0.15) is 12.4 Å². The molecule has 1 aliphatic heterocycles. The first-order valence-electron chi connectivity index (χ1n) is 6.56. The number of fused-ring (bicyclic) bond motifs is 1. The Hall–Kier alpha value is -1.48. The van der Waals surface area contributed by atoms with E-state index >= 15 is 0 Å². The van der Waals surface area contributed by atoms with Crippen LogP contribution in [0.2, 0.25) is 0 Å². The van der Waals surface area contributed by atoms with E-state index in [0.29, 0.717) is 6.61 Å². The Balaban J connectivity index is 1.79. The SMILES string of the molecule is Brc1ccccc1OCc1cccc2c1CCCN2. The summed E-state index contributed by atoms with van der Waals surface area (Å²) in [4.78, 5) is 0. The minimum absolute atomic E-state index is 0.619. The molecule has 0 saturated carbocycles. The van der Waals surface area contributed by atoms with Gasteiger partial charge in [0.15, 0.2) is 0 Å². The molecular formula is C16H16BrNO. The van der Waals surface area contributed by atoms with Gasteiger partial charge < -0.3 is 10.1 Å². The smallest absolute Gasteiger partial charge is 0.133 e. The predicted octanol–water partition coefficient (Wildman–Crippen LogP) is 4.39. The number of anilines is 1. The molecule has 3 heteroatoms. The number of benzene rings is 2. The highest BCUT2D eigenvalue weighted by atomic mass is 79.9. The quantitative estimate of drug-likeness (QED) is 0.906. The molecule has 3 rings (SSSR count). The molecule has 19 heavy (non-hydrogen) atoms. The van der Waals surface area contributed by atoms with Gasteiger partial charge >= 0.3 is 0 Å². The summed E-state index contributed by atoms with van der Waals surface area (Å²) in [5, 5.41) is 3.45. The molecule has 98 valence electrons. The molecule has 0 saturated heterocycles. The largest absolute Gasteiger partial charge is 0.488 e. The average Bonchev–Trinajstić information content (AvgIpc) is 2.46. The monoisotopic (exact) mass is 317 g/mol. The van der Waals surface area contributed by atoms with E-state index in [1.807, 2.05) is 24.3 Å². The van der Waals surface area contributed by atoms with Crippen molar-refractivity contribution in [3.63, 3.8) is 0 Å². The van der Waals surface area contributed by atoms with Crippen LogP contribution in [0.3, 0.4) is 0 Å². The highest BCUT2D eigenvalue weighted by Gasteiger charge is 2.12. The zero-order valence-electron chi connectivity index (χ0n) is 10.7. The summed E-state index contributed by atoms with van der Waals surface area (Å²) in [5.41, 5.74) is 3.95. The number of rotatable bonds is 3. The van der Waals surface area contributed by atoms with Crippen LogP contribution in [-0.2, 0) is 13.0 Å². The Morgan fingerprint density at radius 3 is 2.89 bits per heavy atom. The Morgan fingerprint density at radius 2 is 2.00 bits per heavy atom. The molecular weight excluding hydrogens is 302 g/mol. The van der Waals surface area contributed by atoms with Crippen molar-refractivity contribution < 1.29 is 4.74 Å². The second-order valence-corrected chi connectivity index (χ2v) is 5.55. The average molecular weight is 318 g/mol. The summed E-state index contributed by atoms with van der Waals surface area (Å²) in [6.45, 7) is 1.69. The second-order valence-electron chi connectivity index (χ2n) is 4.69. The van der Waals surface area contributed by atoms with Gasteiger partial charge in [-0.05, 0) is 58.1 Å². The zero-order chi connectivity index (χ0) is 13.1. The van der Waals surface area contributed by atoms with E-state index in [-0.39, 0.29) is 0 Å². The summed E-state index contributed by atoms with van der Waals surface area (Å²) in [6, 6.07) is 14.4. The number of hydrogen-bond acceptors (Lipinski definition) is 2. The molecule has 2 aromatic carbocycles. The maximum Gasteiger partial charge on any atom is 0.133 e. The lowest BCUT2D eigenvalue weighted by Crippen LogP contribution is -2.14. The van der Waals surface area contributed by atoms with E-state index < -0.39 is 0 Å². The lowest BCUT2D eigenvalue weighted by molar-refractivity contribution is 0.303. The molecule has 0 amide bonds. The van der Waals surface area contributed by atoms with Crippen molar-refractivity contribution in [1.29, 1.82) is 0 Å². The van der Waals surface area contributed by atoms with E-state index in [1.54, 1.807) is 0 Å². The van der Waals surface area contributed by atoms with E-state index in [4.69, 9.17) is 4.74 Å².